The van der Waals surface area contributed by atoms with E-state index in [9.17, 15) is 43.2 Å². The molecule has 0 aromatic carbocycles. The molecule has 0 saturated heterocycles. The summed E-state index contributed by atoms with van der Waals surface area (Å²) in [6.07, 6.45) is 43.1. The molecule has 0 bridgehead atoms. The summed E-state index contributed by atoms with van der Waals surface area (Å²) in [5.41, 5.74) is 0. The van der Waals surface area contributed by atoms with Gasteiger partial charge < -0.3 is 33.8 Å². The zero-order valence-corrected chi connectivity index (χ0v) is 57.4. The van der Waals surface area contributed by atoms with E-state index in [4.69, 9.17) is 37.0 Å². The van der Waals surface area contributed by atoms with Gasteiger partial charge in [0.1, 0.15) is 19.3 Å². The van der Waals surface area contributed by atoms with Crippen LogP contribution >= 0.6 is 15.6 Å². The number of unbranched alkanes of at least 4 members (excludes halogenated alkanes) is 36. The van der Waals surface area contributed by atoms with Crippen LogP contribution in [-0.4, -0.2) is 96.7 Å². The summed E-state index contributed by atoms with van der Waals surface area (Å²) in [6, 6.07) is 0. The van der Waals surface area contributed by atoms with E-state index in [-0.39, 0.29) is 25.7 Å². The predicted octanol–water partition coefficient (Wildman–Crippen LogP) is 18.8. The van der Waals surface area contributed by atoms with Crippen LogP contribution in [-0.2, 0) is 65.4 Å². The molecular weight excluding hydrogens is 1140 g/mol. The molecule has 0 aliphatic carbocycles. The van der Waals surface area contributed by atoms with Crippen LogP contribution in [0.5, 0.6) is 0 Å². The Bertz CT molecular complexity index is 1680. The molecule has 0 heterocycles. The van der Waals surface area contributed by atoms with E-state index in [2.05, 4.69) is 41.5 Å². The fourth-order valence-electron chi connectivity index (χ4n) is 10.1. The van der Waals surface area contributed by atoms with Crippen LogP contribution in [0, 0.1) is 11.8 Å². The van der Waals surface area contributed by atoms with Gasteiger partial charge in [-0.2, -0.15) is 0 Å². The number of phosphoric ester groups is 2. The Morgan fingerprint density at radius 3 is 0.791 bits per heavy atom. The number of phosphoric acid groups is 2. The smallest absolute Gasteiger partial charge is 0.462 e. The quantitative estimate of drug-likeness (QED) is 0.0222. The van der Waals surface area contributed by atoms with Crippen LogP contribution < -0.4 is 0 Å². The van der Waals surface area contributed by atoms with E-state index in [0.29, 0.717) is 25.7 Å². The van der Waals surface area contributed by atoms with Gasteiger partial charge in [0.15, 0.2) is 12.2 Å². The molecule has 3 N–H and O–H groups in total. The fourth-order valence-corrected chi connectivity index (χ4v) is 11.6. The molecule has 510 valence electrons. The summed E-state index contributed by atoms with van der Waals surface area (Å²) in [5, 5.41) is 10.5. The molecule has 5 atom stereocenters. The lowest BCUT2D eigenvalue weighted by Gasteiger charge is -2.21. The molecule has 0 radical (unpaired) electrons. The van der Waals surface area contributed by atoms with Gasteiger partial charge in [-0.25, -0.2) is 9.13 Å². The van der Waals surface area contributed by atoms with Crippen LogP contribution in [0.25, 0.3) is 0 Å². The van der Waals surface area contributed by atoms with Crippen LogP contribution in [0.2, 0.25) is 0 Å². The van der Waals surface area contributed by atoms with Gasteiger partial charge in [0.2, 0.25) is 0 Å². The number of aliphatic hydroxyl groups is 1. The number of ether oxygens (including phenoxy) is 4. The molecular formula is C67H130O17P2. The van der Waals surface area contributed by atoms with E-state index in [1.807, 2.05) is 0 Å². The minimum absolute atomic E-state index is 0.105. The summed E-state index contributed by atoms with van der Waals surface area (Å²) in [7, 11) is -9.89. The topological polar surface area (TPSA) is 237 Å². The lowest BCUT2D eigenvalue weighted by atomic mass is 10.0. The van der Waals surface area contributed by atoms with Gasteiger partial charge in [-0.1, -0.05) is 286 Å². The predicted molar refractivity (Wildman–Crippen MR) is 345 cm³/mol. The largest absolute Gasteiger partial charge is 0.472 e. The highest BCUT2D eigenvalue weighted by Gasteiger charge is 2.30. The number of rotatable bonds is 66. The standard InChI is InChI=1S/C67H130O17P2/c1-7-9-11-13-15-24-33-39-45-51-66(71)83-62(55-77-64(69)49-43-37-29-14-12-10-8-2)57-81-85(73,74)79-53-61(68)54-80-86(75,76)82-58-63(84-67(72)52-46-40-34-28-23-19-17-21-26-31-36-42-48-60(5)6)56-78-65(70)50-44-38-32-27-22-18-16-20-25-30-35-41-47-59(3)4/h59-63,68H,7-58H2,1-6H3,(H,73,74)(H,75,76)/t61-,62+,63+/m0/s1. The van der Waals surface area contributed by atoms with E-state index in [0.717, 1.165) is 115 Å². The van der Waals surface area contributed by atoms with Crippen molar-refractivity contribution in [3.63, 3.8) is 0 Å². The van der Waals surface area contributed by atoms with Crippen molar-refractivity contribution in [2.24, 2.45) is 11.8 Å². The molecule has 0 amide bonds. The molecule has 0 fully saturated rings. The lowest BCUT2D eigenvalue weighted by Crippen LogP contribution is -2.30. The normalized spacial score (nSPS) is 14.2. The third kappa shape index (κ3) is 60.9. The van der Waals surface area contributed by atoms with Gasteiger partial charge in [-0.15, -0.1) is 0 Å². The first kappa shape index (κ1) is 84.1. The summed E-state index contributed by atoms with van der Waals surface area (Å²) >= 11 is 0. The second-order valence-electron chi connectivity index (χ2n) is 25.2. The minimum atomic E-state index is -4.95. The maximum Gasteiger partial charge on any atom is 0.472 e. The number of carbonyl (C=O) groups excluding carboxylic acids is 4. The highest BCUT2D eigenvalue weighted by atomic mass is 31.2. The SMILES string of the molecule is CCCCCCCCCCCC(=O)O[C@H](COC(=O)CCCCCCCCC)COP(=O)(O)OC[C@H](O)COP(=O)(O)OC[C@@H](COC(=O)CCCCCCCCCCCCCCC(C)C)OC(=O)CCCCCCCCCCCCCCC(C)C. The van der Waals surface area contributed by atoms with Crippen molar-refractivity contribution < 1.29 is 80.2 Å². The van der Waals surface area contributed by atoms with Crippen molar-refractivity contribution in [1.82, 2.24) is 0 Å². The third-order valence-electron chi connectivity index (χ3n) is 15.5. The van der Waals surface area contributed by atoms with Crippen LogP contribution in [0.1, 0.15) is 337 Å². The van der Waals surface area contributed by atoms with Gasteiger partial charge in [0.05, 0.1) is 26.4 Å². The molecule has 86 heavy (non-hydrogen) atoms. The van der Waals surface area contributed by atoms with E-state index in [1.54, 1.807) is 0 Å². The molecule has 19 heteroatoms. The third-order valence-corrected chi connectivity index (χ3v) is 17.4. The molecule has 0 aromatic heterocycles. The summed E-state index contributed by atoms with van der Waals surface area (Å²) < 4.78 is 68.0. The van der Waals surface area contributed by atoms with Crippen molar-refractivity contribution in [3.8, 4) is 0 Å². The van der Waals surface area contributed by atoms with Crippen LogP contribution in [0.3, 0.4) is 0 Å². The lowest BCUT2D eigenvalue weighted by molar-refractivity contribution is -0.161. The Balaban J connectivity index is 5.20. The second kappa shape index (κ2) is 59.4. The zero-order chi connectivity index (χ0) is 63.6. The highest BCUT2D eigenvalue weighted by molar-refractivity contribution is 7.47. The van der Waals surface area contributed by atoms with E-state index in [1.165, 1.54) is 141 Å². The highest BCUT2D eigenvalue weighted by Crippen LogP contribution is 2.45. The van der Waals surface area contributed by atoms with E-state index < -0.39 is 97.5 Å². The number of esters is 4. The number of carbonyl (C=O) groups is 4. The average Bonchev–Trinajstić information content (AvgIpc) is 3.69. The number of aliphatic hydroxyl groups excluding tert-OH is 1. The van der Waals surface area contributed by atoms with Crippen molar-refractivity contribution in [2.45, 2.75) is 355 Å². The minimum Gasteiger partial charge on any atom is -0.462 e. The summed E-state index contributed by atoms with van der Waals surface area (Å²) in [4.78, 5) is 72.2. The van der Waals surface area contributed by atoms with Crippen molar-refractivity contribution in [3.05, 3.63) is 0 Å². The van der Waals surface area contributed by atoms with Crippen molar-refractivity contribution in [1.29, 1.82) is 0 Å². The number of hydrogen-bond donors (Lipinski definition) is 3. The first-order valence-corrected chi connectivity index (χ1v) is 38.0. The molecule has 0 aromatic rings. The maximum absolute atomic E-state index is 13.0. The van der Waals surface area contributed by atoms with Gasteiger partial charge in [-0.3, -0.25) is 37.3 Å². The van der Waals surface area contributed by atoms with Gasteiger partial charge in [0, 0.05) is 25.7 Å². The number of hydrogen-bond acceptors (Lipinski definition) is 15. The molecule has 0 spiro atoms. The first-order valence-electron chi connectivity index (χ1n) is 35.0. The Morgan fingerprint density at radius 1 is 0.314 bits per heavy atom. The van der Waals surface area contributed by atoms with Gasteiger partial charge in [-0.05, 0) is 37.5 Å². The van der Waals surface area contributed by atoms with E-state index >= 15 is 0 Å². The van der Waals surface area contributed by atoms with Crippen molar-refractivity contribution in [2.75, 3.05) is 39.6 Å². The second-order valence-corrected chi connectivity index (χ2v) is 28.1. The Kier molecular flexibility index (Phi) is 58.0. The molecule has 17 nitrogen and oxygen atoms in total. The molecule has 0 aliphatic heterocycles. The Morgan fingerprint density at radius 2 is 0.535 bits per heavy atom. The van der Waals surface area contributed by atoms with Crippen molar-refractivity contribution >= 4 is 39.5 Å². The fraction of sp³-hybridized carbons (Fsp3) is 0.940. The summed E-state index contributed by atoms with van der Waals surface area (Å²) in [6.45, 7) is 9.49. The zero-order valence-electron chi connectivity index (χ0n) is 55.6. The average molecular weight is 1270 g/mol. The molecule has 0 saturated carbocycles. The molecule has 0 rings (SSSR count). The first-order chi connectivity index (χ1) is 41.4. The van der Waals surface area contributed by atoms with Gasteiger partial charge in [0.25, 0.3) is 0 Å². The van der Waals surface area contributed by atoms with Crippen LogP contribution in [0.4, 0.5) is 0 Å². The Hall–Kier alpha value is -1.94. The van der Waals surface area contributed by atoms with Gasteiger partial charge >= 0.3 is 39.5 Å². The monoisotopic (exact) mass is 1270 g/mol. The molecule has 0 aliphatic rings. The summed E-state index contributed by atoms with van der Waals surface area (Å²) in [5.74, 6) is -0.575. The molecule has 2 unspecified atom stereocenters. The van der Waals surface area contributed by atoms with Crippen LogP contribution in [0.15, 0.2) is 0 Å². The Labute approximate surface area is 524 Å². The maximum atomic E-state index is 13.0.